The third-order valence-corrected chi connectivity index (χ3v) is 4.86. The van der Waals surface area contributed by atoms with Crippen LogP contribution in [0.3, 0.4) is 0 Å². The Balaban J connectivity index is 1.76. The van der Waals surface area contributed by atoms with Crippen LogP contribution in [0.1, 0.15) is 50.5 Å². The van der Waals surface area contributed by atoms with Crippen LogP contribution in [0.4, 0.5) is 0 Å². The Hall–Kier alpha value is -1.03. The summed E-state index contributed by atoms with van der Waals surface area (Å²) in [5.41, 5.74) is 1.10. The van der Waals surface area contributed by atoms with Gasteiger partial charge in [0.05, 0.1) is 0 Å². The van der Waals surface area contributed by atoms with Gasteiger partial charge in [-0.15, -0.1) is 0 Å². The van der Waals surface area contributed by atoms with E-state index in [-0.39, 0.29) is 12.5 Å². The quantitative estimate of drug-likeness (QED) is 0.872. The smallest absolute Gasteiger partial charge is 0.258 e. The third-order valence-electron chi connectivity index (χ3n) is 3.97. The molecule has 2 rings (SSSR count). The number of carbonyl (C=O) groups is 1. The van der Waals surface area contributed by atoms with E-state index in [1.165, 1.54) is 32.1 Å². The van der Waals surface area contributed by atoms with Gasteiger partial charge in [0.15, 0.2) is 6.61 Å². The van der Waals surface area contributed by atoms with Crippen LogP contribution >= 0.6 is 15.9 Å². The van der Waals surface area contributed by atoms with Crippen molar-refractivity contribution >= 4 is 21.8 Å². The number of carbonyl (C=O) groups excluding carboxylic acids is 1. The van der Waals surface area contributed by atoms with Gasteiger partial charge in [0, 0.05) is 10.5 Å². The zero-order valence-corrected chi connectivity index (χ0v) is 14.2. The van der Waals surface area contributed by atoms with Crippen LogP contribution in [0.15, 0.2) is 22.7 Å². The normalized spacial score (nSPS) is 16.9. The van der Waals surface area contributed by atoms with Gasteiger partial charge in [-0.2, -0.15) is 0 Å². The molecule has 116 valence electrons. The first-order valence-electron chi connectivity index (χ1n) is 7.83. The predicted molar refractivity (Wildman–Crippen MR) is 88.6 cm³/mol. The number of aryl methyl sites for hydroxylation is 1. The molecule has 3 nitrogen and oxygen atoms in total. The molecule has 0 heterocycles. The number of benzene rings is 1. The minimum Gasteiger partial charge on any atom is -0.484 e. The molecule has 1 N–H and O–H groups in total. The molecule has 1 fully saturated rings. The zero-order chi connectivity index (χ0) is 15.1. The maximum Gasteiger partial charge on any atom is 0.258 e. The van der Waals surface area contributed by atoms with Crippen LogP contribution in [-0.4, -0.2) is 18.6 Å². The van der Waals surface area contributed by atoms with Crippen LogP contribution < -0.4 is 10.1 Å². The number of rotatable bonds is 4. The molecule has 1 amide bonds. The van der Waals surface area contributed by atoms with Crippen molar-refractivity contribution in [3.05, 3.63) is 28.2 Å². The molecule has 1 aliphatic rings. The monoisotopic (exact) mass is 353 g/mol. The lowest BCUT2D eigenvalue weighted by molar-refractivity contribution is -0.123. The third kappa shape index (κ3) is 5.70. The lowest BCUT2D eigenvalue weighted by Gasteiger charge is -2.21. The van der Waals surface area contributed by atoms with E-state index in [0.29, 0.717) is 6.04 Å². The Labute approximate surface area is 135 Å². The summed E-state index contributed by atoms with van der Waals surface area (Å²) >= 11 is 3.45. The van der Waals surface area contributed by atoms with Crippen LogP contribution in [0, 0.1) is 6.92 Å². The highest BCUT2D eigenvalue weighted by Crippen LogP contribution is 2.21. The molecule has 1 aromatic carbocycles. The molecular formula is C17H24BrNO2. The molecule has 0 spiro atoms. The lowest BCUT2D eigenvalue weighted by atomic mass is 9.97. The van der Waals surface area contributed by atoms with E-state index in [1.54, 1.807) is 0 Å². The van der Waals surface area contributed by atoms with E-state index in [2.05, 4.69) is 21.2 Å². The van der Waals surface area contributed by atoms with E-state index in [4.69, 9.17) is 4.74 Å². The van der Waals surface area contributed by atoms with Crippen LogP contribution in [-0.2, 0) is 4.79 Å². The summed E-state index contributed by atoms with van der Waals surface area (Å²) in [4.78, 5) is 12.0. The van der Waals surface area contributed by atoms with Gasteiger partial charge in [-0.05, 0) is 43.5 Å². The molecule has 4 heteroatoms. The van der Waals surface area contributed by atoms with E-state index >= 15 is 0 Å². The first-order valence-corrected chi connectivity index (χ1v) is 8.63. The minimum atomic E-state index is -0.0128. The summed E-state index contributed by atoms with van der Waals surface area (Å²) in [7, 11) is 0. The van der Waals surface area contributed by atoms with Crippen LogP contribution in [0.2, 0.25) is 0 Å². The highest BCUT2D eigenvalue weighted by Gasteiger charge is 2.14. The van der Waals surface area contributed by atoms with Crippen molar-refractivity contribution in [3.8, 4) is 5.75 Å². The van der Waals surface area contributed by atoms with Gasteiger partial charge in [-0.1, -0.05) is 48.0 Å². The van der Waals surface area contributed by atoms with Gasteiger partial charge in [0.2, 0.25) is 0 Å². The molecule has 1 aromatic rings. The van der Waals surface area contributed by atoms with Crippen molar-refractivity contribution in [2.75, 3.05) is 6.61 Å². The summed E-state index contributed by atoms with van der Waals surface area (Å²) in [5, 5.41) is 3.11. The molecule has 0 radical (unpaired) electrons. The number of nitrogens with one attached hydrogen (secondary N) is 1. The molecule has 0 aliphatic heterocycles. The fourth-order valence-electron chi connectivity index (χ4n) is 2.73. The Kier molecular flexibility index (Phi) is 6.55. The zero-order valence-electron chi connectivity index (χ0n) is 12.7. The molecule has 0 atom stereocenters. The Bertz CT molecular complexity index is 468. The van der Waals surface area contributed by atoms with Gasteiger partial charge in [0.1, 0.15) is 5.75 Å². The van der Waals surface area contributed by atoms with E-state index < -0.39 is 0 Å². The summed E-state index contributed by atoms with van der Waals surface area (Å²) in [6.45, 7) is 2.10. The largest absolute Gasteiger partial charge is 0.484 e. The number of hydrogen-bond donors (Lipinski definition) is 1. The topological polar surface area (TPSA) is 38.3 Å². The van der Waals surface area contributed by atoms with Gasteiger partial charge in [0.25, 0.3) is 5.91 Å². The second kappa shape index (κ2) is 8.42. The Morgan fingerprint density at radius 2 is 1.90 bits per heavy atom. The van der Waals surface area contributed by atoms with E-state index in [1.807, 2.05) is 25.1 Å². The molecule has 1 saturated carbocycles. The van der Waals surface area contributed by atoms with Crippen molar-refractivity contribution in [3.63, 3.8) is 0 Å². The number of amides is 1. The maximum atomic E-state index is 12.0. The van der Waals surface area contributed by atoms with Crippen molar-refractivity contribution in [2.45, 2.75) is 57.9 Å². The van der Waals surface area contributed by atoms with Crippen molar-refractivity contribution in [1.29, 1.82) is 0 Å². The van der Waals surface area contributed by atoms with E-state index in [0.717, 1.165) is 28.6 Å². The number of halogens is 1. The van der Waals surface area contributed by atoms with Crippen LogP contribution in [0.5, 0.6) is 5.75 Å². The summed E-state index contributed by atoms with van der Waals surface area (Å²) < 4.78 is 6.62. The number of hydrogen-bond acceptors (Lipinski definition) is 2. The highest BCUT2D eigenvalue weighted by molar-refractivity contribution is 9.10. The standard InChI is InChI=1S/C17H24BrNO2/c1-13-11-15(9-10-16(13)18)21-12-17(20)19-14-7-5-3-2-4-6-8-14/h9-11,14H,2-8,12H2,1H3,(H,19,20). The first-order chi connectivity index (χ1) is 10.1. The Morgan fingerprint density at radius 3 is 2.57 bits per heavy atom. The maximum absolute atomic E-state index is 12.0. The minimum absolute atomic E-state index is 0.0128. The van der Waals surface area contributed by atoms with Crippen molar-refractivity contribution < 1.29 is 9.53 Å². The molecule has 0 unspecified atom stereocenters. The average Bonchev–Trinajstić information content (AvgIpc) is 2.43. The Morgan fingerprint density at radius 1 is 1.24 bits per heavy atom. The number of ether oxygens (including phenoxy) is 1. The highest BCUT2D eigenvalue weighted by atomic mass is 79.9. The van der Waals surface area contributed by atoms with Gasteiger partial charge >= 0.3 is 0 Å². The van der Waals surface area contributed by atoms with Gasteiger partial charge in [-0.3, -0.25) is 4.79 Å². The first kappa shape index (κ1) is 16.3. The van der Waals surface area contributed by atoms with Crippen molar-refractivity contribution in [1.82, 2.24) is 5.32 Å². The molecule has 1 aliphatic carbocycles. The second-order valence-electron chi connectivity index (χ2n) is 5.81. The summed E-state index contributed by atoms with van der Waals surface area (Å²) in [6, 6.07) is 6.08. The SMILES string of the molecule is Cc1cc(OCC(=O)NC2CCCCCCC2)ccc1Br. The van der Waals surface area contributed by atoms with Crippen LogP contribution in [0.25, 0.3) is 0 Å². The molecule has 0 aromatic heterocycles. The van der Waals surface area contributed by atoms with Crippen molar-refractivity contribution in [2.24, 2.45) is 0 Å². The molecule has 0 saturated heterocycles. The average molecular weight is 354 g/mol. The lowest BCUT2D eigenvalue weighted by Crippen LogP contribution is -2.38. The molecule has 21 heavy (non-hydrogen) atoms. The summed E-state index contributed by atoms with van der Waals surface area (Å²) in [5.74, 6) is 0.727. The van der Waals surface area contributed by atoms with E-state index in [9.17, 15) is 4.79 Å². The molecule has 0 bridgehead atoms. The fraction of sp³-hybridized carbons (Fsp3) is 0.588. The molecular weight excluding hydrogens is 330 g/mol. The predicted octanol–water partition coefficient (Wildman–Crippen LogP) is 4.37. The second-order valence-corrected chi connectivity index (χ2v) is 6.66. The van der Waals surface area contributed by atoms with Gasteiger partial charge in [-0.25, -0.2) is 0 Å². The van der Waals surface area contributed by atoms with Gasteiger partial charge < -0.3 is 10.1 Å². The summed E-state index contributed by atoms with van der Waals surface area (Å²) in [6.07, 6.45) is 8.57. The fourth-order valence-corrected chi connectivity index (χ4v) is 2.97.